The second-order valence-corrected chi connectivity index (χ2v) is 4.76. The van der Waals surface area contributed by atoms with E-state index in [4.69, 9.17) is 0 Å². The third-order valence-corrected chi connectivity index (χ3v) is 4.25. The van der Waals surface area contributed by atoms with Gasteiger partial charge in [0.05, 0.1) is 11.4 Å². The normalized spacial score (nSPS) is 44.1. The lowest BCUT2D eigenvalue weighted by atomic mass is 9.96. The smallest absolute Gasteiger partial charge is 0.145 e. The zero-order valence-electron chi connectivity index (χ0n) is 6.32. The standard InChI is InChI=1S/C8H12O2S/c9-5-1-3-7-6(10)2-4-8(5)11-7/h5,7-9H,1-4H2. The van der Waals surface area contributed by atoms with E-state index in [0.29, 0.717) is 17.5 Å². The molecule has 0 aromatic heterocycles. The molecule has 2 rings (SSSR count). The minimum atomic E-state index is -0.149. The first-order valence-electron chi connectivity index (χ1n) is 4.13. The highest BCUT2D eigenvalue weighted by Crippen LogP contribution is 2.39. The van der Waals surface area contributed by atoms with Crippen LogP contribution in [0.15, 0.2) is 0 Å². The van der Waals surface area contributed by atoms with E-state index in [1.54, 1.807) is 11.8 Å². The molecule has 1 N–H and O–H groups in total. The number of fused-ring (bicyclic) bond motifs is 2. The van der Waals surface area contributed by atoms with Crippen molar-refractivity contribution in [3.05, 3.63) is 0 Å². The fraction of sp³-hybridized carbons (Fsp3) is 0.875. The van der Waals surface area contributed by atoms with E-state index >= 15 is 0 Å². The molecule has 11 heavy (non-hydrogen) atoms. The average molecular weight is 172 g/mol. The van der Waals surface area contributed by atoms with Gasteiger partial charge in [0.15, 0.2) is 0 Å². The van der Waals surface area contributed by atoms with Gasteiger partial charge >= 0.3 is 0 Å². The highest BCUT2D eigenvalue weighted by Gasteiger charge is 2.37. The number of thioether (sulfide) groups is 1. The Labute approximate surface area is 70.4 Å². The van der Waals surface area contributed by atoms with Crippen LogP contribution in [0.4, 0.5) is 0 Å². The number of ketones is 1. The number of carbonyl (C=O) groups excluding carboxylic acids is 1. The number of hydrogen-bond acceptors (Lipinski definition) is 3. The van der Waals surface area contributed by atoms with Gasteiger partial charge in [-0.1, -0.05) is 0 Å². The Hall–Kier alpha value is -0.0200. The molecule has 0 aromatic rings. The Morgan fingerprint density at radius 3 is 3.00 bits per heavy atom. The van der Waals surface area contributed by atoms with Crippen molar-refractivity contribution in [2.24, 2.45) is 0 Å². The van der Waals surface area contributed by atoms with Crippen LogP contribution >= 0.6 is 11.8 Å². The van der Waals surface area contributed by atoms with Gasteiger partial charge in [0.25, 0.3) is 0 Å². The van der Waals surface area contributed by atoms with Crippen molar-refractivity contribution in [1.82, 2.24) is 0 Å². The van der Waals surface area contributed by atoms with Crippen LogP contribution in [-0.2, 0) is 4.79 Å². The monoisotopic (exact) mass is 172 g/mol. The predicted octanol–water partition coefficient (Wildman–Crippen LogP) is 0.974. The fourth-order valence-corrected chi connectivity index (χ4v) is 3.36. The van der Waals surface area contributed by atoms with E-state index in [0.717, 1.165) is 19.3 Å². The Morgan fingerprint density at radius 1 is 1.36 bits per heavy atom. The summed E-state index contributed by atoms with van der Waals surface area (Å²) < 4.78 is 0. The van der Waals surface area contributed by atoms with E-state index in [9.17, 15) is 9.90 Å². The molecule has 0 aliphatic carbocycles. The van der Waals surface area contributed by atoms with Gasteiger partial charge in [0.2, 0.25) is 0 Å². The van der Waals surface area contributed by atoms with Gasteiger partial charge in [-0.25, -0.2) is 0 Å². The maximum Gasteiger partial charge on any atom is 0.145 e. The number of aliphatic hydroxyl groups is 1. The van der Waals surface area contributed by atoms with Crippen molar-refractivity contribution in [3.8, 4) is 0 Å². The zero-order valence-corrected chi connectivity index (χ0v) is 7.14. The second kappa shape index (κ2) is 2.79. The Kier molecular flexibility index (Phi) is 1.93. The Balaban J connectivity index is 2.08. The van der Waals surface area contributed by atoms with E-state index in [1.165, 1.54) is 0 Å². The van der Waals surface area contributed by atoms with Crippen molar-refractivity contribution >= 4 is 17.5 Å². The van der Waals surface area contributed by atoms with Crippen LogP contribution in [0.1, 0.15) is 25.7 Å². The van der Waals surface area contributed by atoms with E-state index < -0.39 is 0 Å². The summed E-state index contributed by atoms with van der Waals surface area (Å²) in [5.74, 6) is 0.401. The molecule has 0 amide bonds. The summed E-state index contributed by atoms with van der Waals surface area (Å²) in [7, 11) is 0. The summed E-state index contributed by atoms with van der Waals surface area (Å²) in [6, 6.07) is 0. The van der Waals surface area contributed by atoms with E-state index in [2.05, 4.69) is 0 Å². The van der Waals surface area contributed by atoms with Gasteiger partial charge in [0, 0.05) is 11.7 Å². The van der Waals surface area contributed by atoms with Gasteiger partial charge < -0.3 is 5.11 Å². The molecule has 0 spiro atoms. The highest BCUT2D eigenvalue weighted by molar-refractivity contribution is 8.01. The van der Waals surface area contributed by atoms with Gasteiger partial charge in [-0.2, -0.15) is 0 Å². The topological polar surface area (TPSA) is 37.3 Å². The molecule has 3 unspecified atom stereocenters. The SMILES string of the molecule is O=C1CCC2SC1CCC2O. The van der Waals surface area contributed by atoms with Crippen LogP contribution in [0.25, 0.3) is 0 Å². The maximum absolute atomic E-state index is 11.2. The molecule has 2 aliphatic rings. The molecule has 3 heteroatoms. The molecule has 2 bridgehead atoms. The first kappa shape index (κ1) is 7.62. The summed E-state index contributed by atoms with van der Waals surface area (Å²) in [5, 5.41) is 10.0. The molecular formula is C8H12O2S. The molecule has 2 heterocycles. The Bertz CT molecular complexity index is 181. The van der Waals surface area contributed by atoms with Crippen LogP contribution < -0.4 is 0 Å². The molecule has 2 nitrogen and oxygen atoms in total. The average Bonchev–Trinajstić information content (AvgIpc) is 2.02. The minimum absolute atomic E-state index is 0.149. The lowest BCUT2D eigenvalue weighted by Gasteiger charge is -2.36. The van der Waals surface area contributed by atoms with Crippen LogP contribution in [0.5, 0.6) is 0 Å². The van der Waals surface area contributed by atoms with Crippen LogP contribution in [-0.4, -0.2) is 27.5 Å². The summed E-state index contributed by atoms with van der Waals surface area (Å²) >= 11 is 1.69. The summed E-state index contributed by atoms with van der Waals surface area (Å²) in [5.41, 5.74) is 0. The van der Waals surface area contributed by atoms with Crippen molar-refractivity contribution in [3.63, 3.8) is 0 Å². The summed E-state index contributed by atoms with van der Waals surface area (Å²) in [6.07, 6.45) is 3.15. The van der Waals surface area contributed by atoms with E-state index in [1.807, 2.05) is 0 Å². The molecule has 0 aromatic carbocycles. The first-order valence-corrected chi connectivity index (χ1v) is 5.08. The largest absolute Gasteiger partial charge is 0.392 e. The molecular weight excluding hydrogens is 160 g/mol. The van der Waals surface area contributed by atoms with E-state index in [-0.39, 0.29) is 11.4 Å². The van der Waals surface area contributed by atoms with Crippen LogP contribution in [0.2, 0.25) is 0 Å². The lowest BCUT2D eigenvalue weighted by molar-refractivity contribution is -0.119. The molecule has 2 saturated heterocycles. The Morgan fingerprint density at radius 2 is 2.18 bits per heavy atom. The van der Waals surface area contributed by atoms with Gasteiger partial charge in [0.1, 0.15) is 5.78 Å². The lowest BCUT2D eigenvalue weighted by Crippen LogP contribution is -2.39. The molecule has 0 radical (unpaired) electrons. The number of rotatable bonds is 0. The van der Waals surface area contributed by atoms with Crippen LogP contribution in [0.3, 0.4) is 0 Å². The third kappa shape index (κ3) is 1.32. The van der Waals surface area contributed by atoms with Gasteiger partial charge in [-0.15, -0.1) is 11.8 Å². The summed E-state index contributed by atoms with van der Waals surface area (Å²) in [4.78, 5) is 11.2. The second-order valence-electron chi connectivity index (χ2n) is 3.31. The number of carbonyl (C=O) groups is 1. The fourth-order valence-electron chi connectivity index (χ4n) is 1.82. The number of Topliss-reactive ketones (excluding diaryl/α,β-unsaturated/α-hetero) is 1. The number of hydrogen-bond donors (Lipinski definition) is 1. The molecule has 0 saturated carbocycles. The third-order valence-electron chi connectivity index (χ3n) is 2.53. The molecule has 2 fully saturated rings. The van der Waals surface area contributed by atoms with Crippen molar-refractivity contribution in [2.45, 2.75) is 42.3 Å². The quantitative estimate of drug-likeness (QED) is 0.591. The predicted molar refractivity (Wildman–Crippen MR) is 44.6 cm³/mol. The van der Waals surface area contributed by atoms with Gasteiger partial charge in [-0.3, -0.25) is 4.79 Å². The minimum Gasteiger partial charge on any atom is -0.392 e. The van der Waals surface area contributed by atoms with Crippen LogP contribution in [0, 0.1) is 0 Å². The van der Waals surface area contributed by atoms with Crippen molar-refractivity contribution in [1.29, 1.82) is 0 Å². The first-order chi connectivity index (χ1) is 5.27. The maximum atomic E-state index is 11.2. The molecule has 62 valence electrons. The van der Waals surface area contributed by atoms with Gasteiger partial charge in [-0.05, 0) is 19.3 Å². The number of aliphatic hydroxyl groups excluding tert-OH is 1. The van der Waals surface area contributed by atoms with Crippen molar-refractivity contribution in [2.75, 3.05) is 0 Å². The molecule has 2 aliphatic heterocycles. The van der Waals surface area contributed by atoms with Crippen molar-refractivity contribution < 1.29 is 9.90 Å². The zero-order chi connectivity index (χ0) is 7.84. The molecule has 3 atom stereocenters. The summed E-state index contributed by atoms with van der Waals surface area (Å²) in [6.45, 7) is 0. The highest BCUT2D eigenvalue weighted by atomic mass is 32.2.